The molecule has 2 rings (SSSR count). The zero-order valence-electron chi connectivity index (χ0n) is 12.8. The zero-order chi connectivity index (χ0) is 14.5. The summed E-state index contributed by atoms with van der Waals surface area (Å²) in [5.74, 6) is 0.810. The van der Waals surface area contributed by atoms with E-state index < -0.39 is 0 Å². The first-order chi connectivity index (χ1) is 9.69. The summed E-state index contributed by atoms with van der Waals surface area (Å²) in [7, 11) is 0. The van der Waals surface area contributed by atoms with Crippen molar-refractivity contribution in [3.05, 3.63) is 42.0 Å². The zero-order valence-corrected chi connectivity index (χ0v) is 12.8. The van der Waals surface area contributed by atoms with Gasteiger partial charge in [-0.05, 0) is 44.2 Å². The van der Waals surface area contributed by atoms with Gasteiger partial charge in [-0.1, -0.05) is 43.7 Å². The molecular formula is C18H25NO. The van der Waals surface area contributed by atoms with E-state index in [9.17, 15) is 4.79 Å². The van der Waals surface area contributed by atoms with Crippen molar-refractivity contribution in [2.24, 2.45) is 5.92 Å². The van der Waals surface area contributed by atoms with Crippen LogP contribution in [-0.4, -0.2) is 11.9 Å². The largest absolute Gasteiger partial charge is 0.309 e. The number of allylic oxidation sites excluding steroid dienone is 2. The molecule has 0 aromatic heterocycles. The first-order valence-electron chi connectivity index (χ1n) is 7.70. The van der Waals surface area contributed by atoms with Gasteiger partial charge in [-0.15, -0.1) is 0 Å². The molecule has 0 N–H and O–H groups in total. The van der Waals surface area contributed by atoms with E-state index in [-0.39, 0.29) is 11.9 Å². The number of para-hydroxylation sites is 1. The molecule has 0 saturated carbocycles. The van der Waals surface area contributed by atoms with Crippen molar-refractivity contribution in [3.8, 4) is 0 Å². The van der Waals surface area contributed by atoms with Gasteiger partial charge in [0, 0.05) is 11.7 Å². The summed E-state index contributed by atoms with van der Waals surface area (Å²) in [6.07, 6.45) is 8.25. The third-order valence-electron chi connectivity index (χ3n) is 4.42. The lowest BCUT2D eigenvalue weighted by Gasteiger charge is -2.32. The van der Waals surface area contributed by atoms with E-state index >= 15 is 0 Å². The highest BCUT2D eigenvalue weighted by Gasteiger charge is 2.33. The summed E-state index contributed by atoms with van der Waals surface area (Å²) < 4.78 is 0. The second-order valence-corrected chi connectivity index (χ2v) is 5.62. The number of fused-ring (bicyclic) bond motifs is 1. The molecule has 0 saturated heterocycles. The van der Waals surface area contributed by atoms with Crippen LogP contribution >= 0.6 is 0 Å². The van der Waals surface area contributed by atoms with E-state index in [1.165, 1.54) is 5.56 Å². The third-order valence-corrected chi connectivity index (χ3v) is 4.42. The number of nitrogens with zero attached hydrogens (tertiary/aromatic N) is 1. The predicted octanol–water partition coefficient (Wildman–Crippen LogP) is 4.35. The van der Waals surface area contributed by atoms with Crippen LogP contribution in [0.15, 0.2) is 36.4 Å². The molecule has 1 aliphatic heterocycles. The maximum Gasteiger partial charge on any atom is 0.231 e. The molecule has 0 radical (unpaired) electrons. The number of hydrogen-bond acceptors (Lipinski definition) is 1. The molecule has 20 heavy (non-hydrogen) atoms. The number of carbonyl (C=O) groups excluding carboxylic acids is 1. The van der Waals surface area contributed by atoms with Crippen LogP contribution in [0.4, 0.5) is 5.69 Å². The molecule has 2 nitrogen and oxygen atoms in total. The second-order valence-electron chi connectivity index (χ2n) is 5.62. The molecule has 0 fully saturated rings. The summed E-state index contributed by atoms with van der Waals surface area (Å²) in [6.45, 7) is 6.48. The van der Waals surface area contributed by atoms with Crippen molar-refractivity contribution in [3.63, 3.8) is 0 Å². The molecule has 0 aliphatic carbocycles. The number of benzene rings is 1. The van der Waals surface area contributed by atoms with Crippen LogP contribution in [0.2, 0.25) is 0 Å². The van der Waals surface area contributed by atoms with Crippen molar-refractivity contribution in [1.29, 1.82) is 0 Å². The van der Waals surface area contributed by atoms with Crippen LogP contribution in [-0.2, 0) is 11.2 Å². The van der Waals surface area contributed by atoms with Gasteiger partial charge in [-0.3, -0.25) is 4.79 Å². The van der Waals surface area contributed by atoms with Crippen molar-refractivity contribution in [1.82, 2.24) is 0 Å². The number of anilines is 1. The molecule has 0 bridgehead atoms. The number of hydrogen-bond donors (Lipinski definition) is 0. The lowest BCUT2D eigenvalue weighted by molar-refractivity contribution is -0.118. The van der Waals surface area contributed by atoms with Gasteiger partial charge in [-0.25, -0.2) is 0 Å². The van der Waals surface area contributed by atoms with Crippen LogP contribution in [0.1, 0.15) is 45.6 Å². The fourth-order valence-electron chi connectivity index (χ4n) is 3.20. The Labute approximate surface area is 122 Å². The quantitative estimate of drug-likeness (QED) is 0.704. The Hall–Kier alpha value is -1.57. The normalized spacial score (nSPS) is 17.6. The molecule has 1 aliphatic rings. The van der Waals surface area contributed by atoms with Gasteiger partial charge >= 0.3 is 0 Å². The molecule has 1 amide bonds. The fourth-order valence-corrected chi connectivity index (χ4v) is 3.20. The third kappa shape index (κ3) is 2.95. The Morgan fingerprint density at radius 3 is 2.80 bits per heavy atom. The topological polar surface area (TPSA) is 20.3 Å². The lowest BCUT2D eigenvalue weighted by Crippen LogP contribution is -2.40. The van der Waals surface area contributed by atoms with E-state index in [1.54, 1.807) is 0 Å². The van der Waals surface area contributed by atoms with E-state index in [0.717, 1.165) is 24.9 Å². The summed E-state index contributed by atoms with van der Waals surface area (Å²) >= 11 is 0. The summed E-state index contributed by atoms with van der Waals surface area (Å²) in [5.41, 5.74) is 2.29. The predicted molar refractivity (Wildman–Crippen MR) is 84.9 cm³/mol. The first kappa shape index (κ1) is 14.8. The molecule has 1 aromatic carbocycles. The first-order valence-corrected chi connectivity index (χ1v) is 7.70. The van der Waals surface area contributed by atoms with Gasteiger partial charge in [0.1, 0.15) is 0 Å². The van der Waals surface area contributed by atoms with Gasteiger partial charge in [0.25, 0.3) is 0 Å². The SMILES string of the molecule is C/C=C/CCC(CC)C(C)N1C(=O)Cc2ccccc21. The van der Waals surface area contributed by atoms with Gasteiger partial charge in [0.05, 0.1) is 6.42 Å². The van der Waals surface area contributed by atoms with Gasteiger partial charge in [0.15, 0.2) is 0 Å². The molecule has 1 heterocycles. The van der Waals surface area contributed by atoms with Crippen LogP contribution in [0.5, 0.6) is 0 Å². The van der Waals surface area contributed by atoms with Crippen molar-refractivity contribution >= 4 is 11.6 Å². The van der Waals surface area contributed by atoms with Crippen LogP contribution in [0.3, 0.4) is 0 Å². The summed E-state index contributed by atoms with van der Waals surface area (Å²) in [4.78, 5) is 14.4. The van der Waals surface area contributed by atoms with Gasteiger partial charge < -0.3 is 4.90 Å². The second kappa shape index (κ2) is 6.74. The molecular weight excluding hydrogens is 246 g/mol. The van der Waals surface area contributed by atoms with E-state index in [1.807, 2.05) is 17.0 Å². The number of amides is 1. The number of carbonyl (C=O) groups is 1. The minimum absolute atomic E-state index is 0.253. The smallest absolute Gasteiger partial charge is 0.231 e. The Morgan fingerprint density at radius 1 is 1.35 bits per heavy atom. The Kier molecular flexibility index (Phi) is 4.99. The lowest BCUT2D eigenvalue weighted by atomic mass is 9.91. The Bertz CT molecular complexity index is 492. The highest BCUT2D eigenvalue weighted by Crippen LogP contribution is 2.33. The van der Waals surface area contributed by atoms with Crippen molar-refractivity contribution in [2.75, 3.05) is 4.90 Å². The molecule has 0 spiro atoms. The maximum atomic E-state index is 12.3. The van der Waals surface area contributed by atoms with Crippen LogP contribution in [0, 0.1) is 5.92 Å². The minimum Gasteiger partial charge on any atom is -0.309 e. The Morgan fingerprint density at radius 2 is 2.10 bits per heavy atom. The maximum absolute atomic E-state index is 12.3. The standard InChI is InChI=1S/C18H25NO/c1-4-6-7-10-15(5-2)14(3)19-17-12-9-8-11-16(17)13-18(19)20/h4,6,8-9,11-12,14-15H,5,7,10,13H2,1-3H3/b6-4+. The molecule has 1 aromatic rings. The van der Waals surface area contributed by atoms with Crippen molar-refractivity contribution in [2.45, 2.75) is 52.5 Å². The van der Waals surface area contributed by atoms with Crippen LogP contribution < -0.4 is 4.90 Å². The molecule has 108 valence electrons. The summed E-state index contributed by atoms with van der Waals surface area (Å²) in [6, 6.07) is 8.47. The van der Waals surface area contributed by atoms with Gasteiger partial charge in [-0.2, -0.15) is 0 Å². The molecule has 2 atom stereocenters. The van der Waals surface area contributed by atoms with E-state index in [2.05, 4.69) is 45.1 Å². The van der Waals surface area contributed by atoms with Crippen molar-refractivity contribution < 1.29 is 4.79 Å². The average molecular weight is 271 g/mol. The van der Waals surface area contributed by atoms with E-state index in [4.69, 9.17) is 0 Å². The monoisotopic (exact) mass is 271 g/mol. The van der Waals surface area contributed by atoms with Crippen LogP contribution in [0.25, 0.3) is 0 Å². The molecule has 2 unspecified atom stereocenters. The average Bonchev–Trinajstić information content (AvgIpc) is 2.79. The molecule has 2 heteroatoms. The Balaban J connectivity index is 2.15. The minimum atomic E-state index is 0.253. The fraction of sp³-hybridized carbons (Fsp3) is 0.500. The van der Waals surface area contributed by atoms with Gasteiger partial charge in [0.2, 0.25) is 5.91 Å². The number of rotatable bonds is 6. The highest BCUT2D eigenvalue weighted by atomic mass is 16.2. The highest BCUT2D eigenvalue weighted by molar-refractivity contribution is 6.01. The van der Waals surface area contributed by atoms with E-state index in [0.29, 0.717) is 12.3 Å². The summed E-state index contributed by atoms with van der Waals surface area (Å²) in [5, 5.41) is 0.